The zero-order valence-corrected chi connectivity index (χ0v) is 12.1. The van der Waals surface area contributed by atoms with Gasteiger partial charge in [-0.15, -0.1) is 0 Å². The zero-order valence-electron chi connectivity index (χ0n) is 12.1. The lowest BCUT2D eigenvalue weighted by Crippen LogP contribution is -2.32. The van der Waals surface area contributed by atoms with Crippen LogP contribution in [0.2, 0.25) is 0 Å². The molecule has 1 fully saturated rings. The summed E-state index contributed by atoms with van der Waals surface area (Å²) >= 11 is 0. The number of hydrogen-bond donors (Lipinski definition) is 2. The lowest BCUT2D eigenvalue weighted by atomic mass is 9.94. The number of rotatable bonds is 4. The molecule has 0 spiro atoms. The zero-order chi connectivity index (χ0) is 14.5. The Morgan fingerprint density at radius 2 is 2.05 bits per heavy atom. The van der Waals surface area contributed by atoms with Crippen molar-refractivity contribution in [1.29, 1.82) is 0 Å². The minimum Gasteiger partial charge on any atom is -0.352 e. The third kappa shape index (κ3) is 3.58. The van der Waals surface area contributed by atoms with Gasteiger partial charge in [-0.05, 0) is 43.5 Å². The summed E-state index contributed by atoms with van der Waals surface area (Å²) in [5.41, 5.74) is 2.05. The van der Waals surface area contributed by atoms with Gasteiger partial charge >= 0.3 is 0 Å². The number of amides is 1. The Kier molecular flexibility index (Phi) is 4.46. The fourth-order valence-electron chi connectivity index (χ4n) is 2.92. The van der Waals surface area contributed by atoms with Crippen LogP contribution in [0, 0.1) is 5.92 Å². The Bertz CT molecular complexity index is 615. The summed E-state index contributed by atoms with van der Waals surface area (Å²) in [6, 6.07) is 10.1. The van der Waals surface area contributed by atoms with Crippen LogP contribution in [0.25, 0.3) is 10.9 Å². The topological polar surface area (TPSA) is 54.0 Å². The summed E-state index contributed by atoms with van der Waals surface area (Å²) in [6.07, 6.45) is 4.63. The normalized spacial score (nSPS) is 16.0. The molecule has 0 saturated carbocycles. The van der Waals surface area contributed by atoms with Gasteiger partial charge in [0.05, 0.1) is 5.52 Å². The molecule has 1 aliphatic heterocycles. The number of para-hydroxylation sites is 1. The van der Waals surface area contributed by atoms with Crippen molar-refractivity contribution in [2.45, 2.75) is 25.8 Å². The van der Waals surface area contributed by atoms with Gasteiger partial charge in [0, 0.05) is 24.5 Å². The van der Waals surface area contributed by atoms with Crippen molar-refractivity contribution in [2.24, 2.45) is 5.92 Å². The van der Waals surface area contributed by atoms with Crippen molar-refractivity contribution in [3.8, 4) is 0 Å². The molecule has 21 heavy (non-hydrogen) atoms. The molecule has 1 saturated heterocycles. The lowest BCUT2D eigenvalue weighted by molar-refractivity contribution is -0.122. The number of nitrogens with one attached hydrogen (secondary N) is 2. The van der Waals surface area contributed by atoms with Gasteiger partial charge in [-0.1, -0.05) is 24.3 Å². The molecule has 2 N–H and O–H groups in total. The van der Waals surface area contributed by atoms with E-state index in [1.807, 2.05) is 30.3 Å². The van der Waals surface area contributed by atoms with Crippen LogP contribution in [0.15, 0.2) is 36.5 Å². The Hall–Kier alpha value is -1.94. The molecule has 0 aliphatic carbocycles. The summed E-state index contributed by atoms with van der Waals surface area (Å²) in [4.78, 5) is 16.5. The molecule has 110 valence electrons. The maximum atomic E-state index is 12.1. The van der Waals surface area contributed by atoms with Gasteiger partial charge < -0.3 is 10.6 Å². The quantitative estimate of drug-likeness (QED) is 0.905. The first-order valence-corrected chi connectivity index (χ1v) is 7.63. The van der Waals surface area contributed by atoms with E-state index in [1.54, 1.807) is 6.20 Å². The number of carbonyl (C=O) groups is 1. The number of piperidine rings is 1. The van der Waals surface area contributed by atoms with E-state index in [4.69, 9.17) is 0 Å². The van der Waals surface area contributed by atoms with E-state index in [0.29, 0.717) is 18.9 Å². The van der Waals surface area contributed by atoms with E-state index < -0.39 is 0 Å². The van der Waals surface area contributed by atoms with Crippen molar-refractivity contribution in [2.75, 3.05) is 13.1 Å². The maximum absolute atomic E-state index is 12.1. The highest BCUT2D eigenvalue weighted by Crippen LogP contribution is 2.17. The third-order valence-electron chi connectivity index (χ3n) is 4.13. The Labute approximate surface area is 125 Å². The van der Waals surface area contributed by atoms with Crippen LogP contribution in [0.5, 0.6) is 0 Å². The van der Waals surface area contributed by atoms with Gasteiger partial charge in [-0.25, -0.2) is 0 Å². The highest BCUT2D eigenvalue weighted by molar-refractivity contribution is 5.82. The van der Waals surface area contributed by atoms with Crippen LogP contribution >= 0.6 is 0 Å². The molecule has 0 bridgehead atoms. The molecular formula is C17H21N3O. The second-order valence-electron chi connectivity index (χ2n) is 5.67. The first-order chi connectivity index (χ1) is 10.3. The molecule has 1 amide bonds. The van der Waals surface area contributed by atoms with E-state index in [-0.39, 0.29) is 5.91 Å². The SMILES string of the molecule is O=C(CC1CCNCC1)NCc1cccc2cccnc12. The molecule has 2 heterocycles. The molecular weight excluding hydrogens is 262 g/mol. The van der Waals surface area contributed by atoms with Gasteiger partial charge in [-0.3, -0.25) is 9.78 Å². The Morgan fingerprint density at radius 3 is 2.90 bits per heavy atom. The summed E-state index contributed by atoms with van der Waals surface area (Å²) < 4.78 is 0. The molecule has 0 unspecified atom stereocenters. The second-order valence-corrected chi connectivity index (χ2v) is 5.67. The predicted molar refractivity (Wildman–Crippen MR) is 83.8 cm³/mol. The van der Waals surface area contributed by atoms with Crippen molar-refractivity contribution in [1.82, 2.24) is 15.6 Å². The van der Waals surface area contributed by atoms with Gasteiger partial charge in [0.2, 0.25) is 5.91 Å². The maximum Gasteiger partial charge on any atom is 0.220 e. The number of fused-ring (bicyclic) bond motifs is 1. The summed E-state index contributed by atoms with van der Waals surface area (Å²) in [5, 5.41) is 7.48. The van der Waals surface area contributed by atoms with Crippen LogP contribution in [0.4, 0.5) is 0 Å². The molecule has 3 rings (SSSR count). The summed E-state index contributed by atoms with van der Waals surface area (Å²) in [5.74, 6) is 0.673. The number of carbonyl (C=O) groups excluding carboxylic acids is 1. The number of benzene rings is 1. The van der Waals surface area contributed by atoms with Crippen LogP contribution < -0.4 is 10.6 Å². The number of nitrogens with zero attached hydrogens (tertiary/aromatic N) is 1. The van der Waals surface area contributed by atoms with Crippen molar-refractivity contribution < 1.29 is 4.79 Å². The average molecular weight is 283 g/mol. The van der Waals surface area contributed by atoms with Gasteiger partial charge in [0.15, 0.2) is 0 Å². The van der Waals surface area contributed by atoms with E-state index in [2.05, 4.69) is 15.6 Å². The average Bonchev–Trinajstić information content (AvgIpc) is 2.54. The van der Waals surface area contributed by atoms with Crippen LogP contribution in [0.3, 0.4) is 0 Å². The van der Waals surface area contributed by atoms with E-state index in [9.17, 15) is 4.79 Å². The van der Waals surface area contributed by atoms with Gasteiger partial charge in [0.25, 0.3) is 0 Å². The number of pyridine rings is 1. The predicted octanol–water partition coefficient (Wildman–Crippen LogP) is 2.24. The Balaban J connectivity index is 1.59. The number of aromatic nitrogens is 1. The first kappa shape index (κ1) is 14.0. The molecule has 4 heteroatoms. The smallest absolute Gasteiger partial charge is 0.220 e. The molecule has 0 radical (unpaired) electrons. The first-order valence-electron chi connectivity index (χ1n) is 7.63. The third-order valence-corrected chi connectivity index (χ3v) is 4.13. The monoisotopic (exact) mass is 283 g/mol. The van der Waals surface area contributed by atoms with Crippen LogP contribution in [-0.4, -0.2) is 24.0 Å². The van der Waals surface area contributed by atoms with Gasteiger partial charge in [0.1, 0.15) is 0 Å². The highest BCUT2D eigenvalue weighted by atomic mass is 16.1. The van der Waals surface area contributed by atoms with E-state index in [0.717, 1.165) is 42.4 Å². The summed E-state index contributed by atoms with van der Waals surface area (Å²) in [7, 11) is 0. The standard InChI is InChI=1S/C17H21N3O/c21-16(11-13-6-9-18-10-7-13)20-12-15-4-1-3-14-5-2-8-19-17(14)15/h1-5,8,13,18H,6-7,9-12H2,(H,20,21). The van der Waals surface area contributed by atoms with Gasteiger partial charge in [-0.2, -0.15) is 0 Å². The fraction of sp³-hybridized carbons (Fsp3) is 0.412. The highest BCUT2D eigenvalue weighted by Gasteiger charge is 2.16. The van der Waals surface area contributed by atoms with E-state index in [1.165, 1.54) is 0 Å². The largest absolute Gasteiger partial charge is 0.352 e. The molecule has 0 atom stereocenters. The van der Waals surface area contributed by atoms with Crippen LogP contribution in [0.1, 0.15) is 24.8 Å². The number of hydrogen-bond acceptors (Lipinski definition) is 3. The lowest BCUT2D eigenvalue weighted by Gasteiger charge is -2.21. The molecule has 2 aromatic rings. The van der Waals surface area contributed by atoms with Crippen LogP contribution in [-0.2, 0) is 11.3 Å². The minimum atomic E-state index is 0.148. The second kappa shape index (κ2) is 6.68. The van der Waals surface area contributed by atoms with Crippen molar-refractivity contribution in [3.05, 3.63) is 42.1 Å². The molecule has 1 aromatic carbocycles. The molecule has 4 nitrogen and oxygen atoms in total. The summed E-state index contributed by atoms with van der Waals surface area (Å²) in [6.45, 7) is 2.62. The van der Waals surface area contributed by atoms with Crippen molar-refractivity contribution >= 4 is 16.8 Å². The fourth-order valence-corrected chi connectivity index (χ4v) is 2.92. The molecule has 1 aromatic heterocycles. The minimum absolute atomic E-state index is 0.148. The van der Waals surface area contributed by atoms with E-state index >= 15 is 0 Å². The Morgan fingerprint density at radius 1 is 1.24 bits per heavy atom. The molecule has 1 aliphatic rings. The van der Waals surface area contributed by atoms with Crippen molar-refractivity contribution in [3.63, 3.8) is 0 Å².